The minimum Gasteiger partial charge on any atom is -0.338 e. The summed E-state index contributed by atoms with van der Waals surface area (Å²) in [4.78, 5) is 6.59. The molecule has 1 atom stereocenters. The normalized spacial score (nSPS) is 21.4. The molecule has 5 nitrogen and oxygen atoms in total. The van der Waals surface area contributed by atoms with Gasteiger partial charge < -0.3 is 10.3 Å². The fourth-order valence-corrected chi connectivity index (χ4v) is 1.76. The summed E-state index contributed by atoms with van der Waals surface area (Å²) in [5, 5.41) is 3.93. The summed E-state index contributed by atoms with van der Waals surface area (Å²) < 4.78 is 5.18. The lowest BCUT2D eigenvalue weighted by Crippen LogP contribution is -2.26. The van der Waals surface area contributed by atoms with Crippen molar-refractivity contribution in [3.05, 3.63) is 11.7 Å². The van der Waals surface area contributed by atoms with Crippen molar-refractivity contribution in [3.63, 3.8) is 0 Å². The van der Waals surface area contributed by atoms with Gasteiger partial charge in [-0.15, -0.1) is 12.4 Å². The van der Waals surface area contributed by atoms with E-state index in [-0.39, 0.29) is 12.4 Å². The number of rotatable bonds is 3. The van der Waals surface area contributed by atoms with E-state index in [2.05, 4.69) is 28.9 Å². The van der Waals surface area contributed by atoms with Crippen LogP contribution in [0, 0.1) is 0 Å². The van der Waals surface area contributed by atoms with Gasteiger partial charge in [0.25, 0.3) is 0 Å². The van der Waals surface area contributed by atoms with Crippen LogP contribution in [0.25, 0.3) is 0 Å². The molecule has 0 unspecified atom stereocenters. The molecule has 16 heavy (non-hydrogen) atoms. The summed E-state index contributed by atoms with van der Waals surface area (Å²) in [6.45, 7) is 6.80. The van der Waals surface area contributed by atoms with Crippen LogP contribution in [0.3, 0.4) is 0 Å². The first-order valence-electron chi connectivity index (χ1n) is 5.45. The maximum Gasteiger partial charge on any atom is 0.240 e. The van der Waals surface area contributed by atoms with Gasteiger partial charge in [0.05, 0.1) is 6.54 Å². The molecule has 2 heterocycles. The maximum atomic E-state index is 5.82. The number of nitrogens with zero attached hydrogens (tertiary/aromatic N) is 3. The van der Waals surface area contributed by atoms with E-state index in [0.29, 0.717) is 17.9 Å². The molecule has 0 bridgehead atoms. The first-order chi connectivity index (χ1) is 7.15. The fraction of sp³-hybridized carbons (Fsp3) is 0.800. The van der Waals surface area contributed by atoms with E-state index in [4.69, 9.17) is 10.3 Å². The van der Waals surface area contributed by atoms with Crippen LogP contribution in [-0.2, 0) is 6.54 Å². The van der Waals surface area contributed by atoms with Crippen LogP contribution in [0.5, 0.6) is 0 Å². The molecular formula is C10H19ClN4O. The van der Waals surface area contributed by atoms with Gasteiger partial charge in [0.1, 0.15) is 0 Å². The van der Waals surface area contributed by atoms with Gasteiger partial charge in [-0.1, -0.05) is 19.0 Å². The van der Waals surface area contributed by atoms with Gasteiger partial charge in [-0.25, -0.2) is 0 Å². The van der Waals surface area contributed by atoms with Crippen molar-refractivity contribution in [3.8, 4) is 0 Å². The molecule has 92 valence electrons. The van der Waals surface area contributed by atoms with Crippen LogP contribution in [0.2, 0.25) is 0 Å². The van der Waals surface area contributed by atoms with Crippen molar-refractivity contribution in [2.75, 3.05) is 13.1 Å². The molecule has 0 spiro atoms. The Hall–Kier alpha value is -0.650. The third kappa shape index (κ3) is 3.17. The smallest absolute Gasteiger partial charge is 0.240 e. The second-order valence-electron chi connectivity index (χ2n) is 4.48. The van der Waals surface area contributed by atoms with Gasteiger partial charge in [-0.2, -0.15) is 4.98 Å². The molecule has 6 heteroatoms. The lowest BCUT2D eigenvalue weighted by molar-refractivity contribution is 0.265. The number of hydrogen-bond donors (Lipinski definition) is 1. The second kappa shape index (κ2) is 5.61. The zero-order valence-electron chi connectivity index (χ0n) is 9.72. The minimum absolute atomic E-state index is 0. The van der Waals surface area contributed by atoms with Gasteiger partial charge in [0, 0.05) is 25.0 Å². The number of aromatic nitrogens is 2. The Morgan fingerprint density at radius 2 is 2.31 bits per heavy atom. The van der Waals surface area contributed by atoms with Crippen molar-refractivity contribution in [1.82, 2.24) is 15.0 Å². The standard InChI is InChI=1S/C10H18N4O.ClH/c1-7(2)10-12-9(15-13-10)6-14-4-3-8(11)5-14;/h7-8H,3-6,11H2,1-2H3;1H/t8-;/m0./s1. The molecule has 0 saturated carbocycles. The first-order valence-corrected chi connectivity index (χ1v) is 5.45. The zero-order valence-corrected chi connectivity index (χ0v) is 10.5. The molecule has 0 aromatic carbocycles. The molecule has 1 aliphatic heterocycles. The van der Waals surface area contributed by atoms with E-state index in [1.165, 1.54) is 0 Å². The molecule has 0 radical (unpaired) electrons. The van der Waals surface area contributed by atoms with E-state index in [1.54, 1.807) is 0 Å². The molecule has 1 aromatic heterocycles. The molecule has 1 fully saturated rings. The van der Waals surface area contributed by atoms with Gasteiger partial charge >= 0.3 is 0 Å². The van der Waals surface area contributed by atoms with Gasteiger partial charge in [0.15, 0.2) is 5.82 Å². The van der Waals surface area contributed by atoms with Gasteiger partial charge in [-0.05, 0) is 6.42 Å². The van der Waals surface area contributed by atoms with Crippen molar-refractivity contribution >= 4 is 12.4 Å². The summed E-state index contributed by atoms with van der Waals surface area (Å²) in [6, 6.07) is 0.303. The lowest BCUT2D eigenvalue weighted by Gasteiger charge is -2.10. The quantitative estimate of drug-likeness (QED) is 0.867. The highest BCUT2D eigenvalue weighted by Gasteiger charge is 2.21. The molecule has 1 saturated heterocycles. The monoisotopic (exact) mass is 246 g/mol. The minimum atomic E-state index is 0. The molecule has 1 aliphatic rings. The van der Waals surface area contributed by atoms with Crippen LogP contribution >= 0.6 is 12.4 Å². The van der Waals surface area contributed by atoms with E-state index in [1.807, 2.05) is 0 Å². The summed E-state index contributed by atoms with van der Waals surface area (Å²) in [5.74, 6) is 1.81. The molecule has 2 N–H and O–H groups in total. The zero-order chi connectivity index (χ0) is 10.8. The predicted molar refractivity (Wildman–Crippen MR) is 63.5 cm³/mol. The highest BCUT2D eigenvalue weighted by Crippen LogP contribution is 2.13. The average Bonchev–Trinajstić information content (AvgIpc) is 2.76. The Morgan fingerprint density at radius 3 is 2.81 bits per heavy atom. The summed E-state index contributed by atoms with van der Waals surface area (Å²) in [6.07, 6.45) is 1.06. The molecule has 0 amide bonds. The van der Waals surface area contributed by atoms with Gasteiger partial charge in [0.2, 0.25) is 5.89 Å². The van der Waals surface area contributed by atoms with Crippen molar-refractivity contribution in [1.29, 1.82) is 0 Å². The predicted octanol–water partition coefficient (Wildman–Crippen LogP) is 1.15. The van der Waals surface area contributed by atoms with Crippen LogP contribution < -0.4 is 5.73 Å². The number of likely N-dealkylation sites (tertiary alicyclic amines) is 1. The van der Waals surface area contributed by atoms with Crippen LogP contribution in [-0.4, -0.2) is 34.2 Å². The lowest BCUT2D eigenvalue weighted by atomic mass is 10.2. The summed E-state index contributed by atoms with van der Waals surface area (Å²) in [5.41, 5.74) is 5.82. The summed E-state index contributed by atoms with van der Waals surface area (Å²) in [7, 11) is 0. The summed E-state index contributed by atoms with van der Waals surface area (Å²) >= 11 is 0. The third-order valence-corrected chi connectivity index (χ3v) is 2.67. The first kappa shape index (κ1) is 13.4. The molecule has 2 rings (SSSR count). The molecule has 0 aliphatic carbocycles. The fourth-order valence-electron chi connectivity index (χ4n) is 1.76. The largest absolute Gasteiger partial charge is 0.338 e. The highest BCUT2D eigenvalue weighted by molar-refractivity contribution is 5.85. The van der Waals surface area contributed by atoms with E-state index < -0.39 is 0 Å². The highest BCUT2D eigenvalue weighted by atomic mass is 35.5. The Balaban J connectivity index is 0.00000128. The number of hydrogen-bond acceptors (Lipinski definition) is 5. The van der Waals surface area contributed by atoms with E-state index >= 15 is 0 Å². The van der Waals surface area contributed by atoms with Crippen molar-refractivity contribution in [2.24, 2.45) is 5.73 Å². The Kier molecular flexibility index (Phi) is 4.70. The Labute approximate surface area is 102 Å². The average molecular weight is 247 g/mol. The van der Waals surface area contributed by atoms with Gasteiger partial charge in [-0.3, -0.25) is 4.90 Å². The van der Waals surface area contributed by atoms with Crippen molar-refractivity contribution < 1.29 is 4.52 Å². The second-order valence-corrected chi connectivity index (χ2v) is 4.48. The third-order valence-electron chi connectivity index (χ3n) is 2.67. The van der Waals surface area contributed by atoms with E-state index in [9.17, 15) is 0 Å². The number of halogens is 1. The Bertz CT molecular complexity index is 328. The SMILES string of the molecule is CC(C)c1noc(CN2CC[C@H](N)C2)n1.Cl. The Morgan fingerprint density at radius 1 is 1.56 bits per heavy atom. The topological polar surface area (TPSA) is 68.2 Å². The van der Waals surface area contributed by atoms with Crippen LogP contribution in [0.4, 0.5) is 0 Å². The number of nitrogens with two attached hydrogens (primary N) is 1. The van der Waals surface area contributed by atoms with Crippen molar-refractivity contribution in [2.45, 2.75) is 38.8 Å². The van der Waals surface area contributed by atoms with E-state index in [0.717, 1.165) is 31.9 Å². The van der Waals surface area contributed by atoms with Crippen LogP contribution in [0.15, 0.2) is 4.52 Å². The molecule has 1 aromatic rings. The molecular weight excluding hydrogens is 228 g/mol. The maximum absolute atomic E-state index is 5.82. The van der Waals surface area contributed by atoms with Crippen LogP contribution in [0.1, 0.15) is 37.9 Å².